The molecule has 0 amide bonds. The van der Waals surface area contributed by atoms with Gasteiger partial charge in [-0.3, -0.25) is 4.79 Å². The Morgan fingerprint density at radius 2 is 0.957 bits per heavy atom. The van der Waals surface area contributed by atoms with E-state index in [0.717, 1.165) is 38.5 Å². The van der Waals surface area contributed by atoms with Crippen LogP contribution in [0.1, 0.15) is 116 Å². The second kappa shape index (κ2) is 26.6. The summed E-state index contributed by atoms with van der Waals surface area (Å²) in [6.07, 6.45) is 20.0. The second-order valence-corrected chi connectivity index (χ2v) is 40.6. The molecule has 10 nitrogen and oxygen atoms in total. The summed E-state index contributed by atoms with van der Waals surface area (Å²) in [5.41, 5.74) is 1.11. The molecule has 1 fully saturated rings. The maximum Gasteiger partial charge on any atom is 0.343 e. The van der Waals surface area contributed by atoms with Gasteiger partial charge in [-0.25, -0.2) is 9.59 Å². The van der Waals surface area contributed by atoms with E-state index in [-0.39, 0.29) is 35.9 Å². The number of hydrogen-bond acceptors (Lipinski definition) is 10. The van der Waals surface area contributed by atoms with E-state index in [1.807, 2.05) is 0 Å². The minimum atomic E-state index is -1.56. The Hall–Kier alpha value is -3.80. The van der Waals surface area contributed by atoms with Crippen LogP contribution in [0.3, 0.4) is 0 Å². The number of esters is 3. The molecule has 0 N–H and O–H groups in total. The van der Waals surface area contributed by atoms with Crippen molar-refractivity contribution in [3.05, 3.63) is 95.6 Å². The summed E-state index contributed by atoms with van der Waals surface area (Å²) >= 11 is 0. The van der Waals surface area contributed by atoms with Gasteiger partial charge in [-0.05, 0) is 182 Å². The van der Waals surface area contributed by atoms with E-state index in [9.17, 15) is 14.4 Å². The number of ether oxygens (including phenoxy) is 5. The number of rotatable bonds is 31. The minimum absolute atomic E-state index is 0.148. The number of carbonyl (C=O) groups excluding carboxylic acids is 3. The Balaban J connectivity index is 1.06. The predicted molar refractivity (Wildman–Crippen MR) is 288 cm³/mol. The molecule has 0 heterocycles. The standard InChI is InChI=1S/C55H84O10Si4/c1-66(2,3)64-68(7,8)37-21-17-13-11-15-19-35-59-48-29-25-44(26-30-48)53(56)62-50-33-34-52(47(41-50)42-61-55(58)51-40-43-23-24-46(51)39-43)63-54(57)45-27-31-49(32-28-45)60-36-20-16-12-14-18-22-38-69(9,10)65-67(4,5)6/h23-34,41,43,46,51H,11-22,35-40,42H2,1-10H3. The summed E-state index contributed by atoms with van der Waals surface area (Å²) in [5.74, 6) is 0.819. The fourth-order valence-electron chi connectivity index (χ4n) is 9.70. The molecule has 2 aliphatic rings. The third-order valence-corrected chi connectivity index (χ3v) is 25.1. The van der Waals surface area contributed by atoms with Gasteiger partial charge in [0.1, 0.15) is 29.6 Å². The van der Waals surface area contributed by atoms with Crippen LogP contribution in [-0.2, 0) is 24.4 Å². The zero-order valence-electron chi connectivity index (χ0n) is 43.8. The summed E-state index contributed by atoms with van der Waals surface area (Å²) in [5, 5.41) is 0. The summed E-state index contributed by atoms with van der Waals surface area (Å²) in [6.45, 7) is 24.2. The Morgan fingerprint density at radius 1 is 0.507 bits per heavy atom. The molecule has 2 aliphatic carbocycles. The quantitative estimate of drug-likeness (QED) is 0.0203. The first-order valence-corrected chi connectivity index (χ1v) is 39.0. The van der Waals surface area contributed by atoms with E-state index in [2.05, 4.69) is 77.6 Å². The van der Waals surface area contributed by atoms with E-state index in [1.165, 1.54) is 63.5 Å². The summed E-state index contributed by atoms with van der Waals surface area (Å²) in [6, 6.07) is 21.0. The van der Waals surface area contributed by atoms with Crippen LogP contribution < -0.4 is 18.9 Å². The summed E-state index contributed by atoms with van der Waals surface area (Å²) in [4.78, 5) is 40.0. The highest BCUT2D eigenvalue weighted by atomic mass is 28.4. The number of benzene rings is 3. The molecule has 0 radical (unpaired) electrons. The van der Waals surface area contributed by atoms with Gasteiger partial charge in [0, 0.05) is 5.56 Å². The second-order valence-electron chi connectivity index (χ2n) is 22.5. The Bertz CT molecular complexity index is 2110. The van der Waals surface area contributed by atoms with Gasteiger partial charge < -0.3 is 31.9 Å². The Kier molecular flexibility index (Phi) is 21.6. The molecule has 3 aromatic carbocycles. The Morgan fingerprint density at radius 3 is 1.41 bits per heavy atom. The molecule has 14 heteroatoms. The van der Waals surface area contributed by atoms with Crippen molar-refractivity contribution >= 4 is 51.2 Å². The first-order chi connectivity index (χ1) is 32.6. The molecular formula is C55H84O10Si4. The fraction of sp³-hybridized carbons (Fsp3) is 0.582. The lowest BCUT2D eigenvalue weighted by Crippen LogP contribution is -2.42. The van der Waals surface area contributed by atoms with Crippen molar-refractivity contribution < 1.29 is 46.3 Å². The molecule has 3 atom stereocenters. The van der Waals surface area contributed by atoms with Crippen molar-refractivity contribution in [2.24, 2.45) is 17.8 Å². The molecule has 0 spiro atoms. The Labute approximate surface area is 419 Å². The third kappa shape index (κ3) is 20.8. The van der Waals surface area contributed by atoms with Gasteiger partial charge in [0.05, 0.1) is 30.3 Å². The average molecular weight is 1020 g/mol. The van der Waals surface area contributed by atoms with Gasteiger partial charge >= 0.3 is 17.9 Å². The van der Waals surface area contributed by atoms with Crippen molar-refractivity contribution in [1.29, 1.82) is 0 Å². The summed E-state index contributed by atoms with van der Waals surface area (Å²) in [7, 11) is -6.08. The van der Waals surface area contributed by atoms with Crippen molar-refractivity contribution in [3.8, 4) is 23.0 Å². The zero-order valence-corrected chi connectivity index (χ0v) is 47.8. The first-order valence-electron chi connectivity index (χ1n) is 25.9. The number of fused-ring (bicyclic) bond motifs is 2. The number of unbranched alkanes of at least 4 members (excludes halogenated alkanes) is 10. The van der Waals surface area contributed by atoms with E-state index in [1.54, 1.807) is 66.7 Å². The third-order valence-electron chi connectivity index (χ3n) is 12.6. The number of hydrogen-bond donors (Lipinski definition) is 0. The van der Waals surface area contributed by atoms with Crippen LogP contribution in [0.5, 0.6) is 23.0 Å². The highest BCUT2D eigenvalue weighted by Gasteiger charge is 2.41. The fourth-order valence-corrected chi connectivity index (χ4v) is 26.0. The highest BCUT2D eigenvalue weighted by Crippen LogP contribution is 2.44. The first kappa shape index (κ1) is 56.1. The molecule has 5 rings (SSSR count). The number of carbonyl (C=O) groups is 3. The van der Waals surface area contributed by atoms with Gasteiger partial charge in [-0.15, -0.1) is 0 Å². The van der Waals surface area contributed by atoms with Crippen molar-refractivity contribution in [2.75, 3.05) is 13.2 Å². The average Bonchev–Trinajstić information content (AvgIpc) is 3.91. The van der Waals surface area contributed by atoms with Crippen LogP contribution >= 0.6 is 0 Å². The molecule has 2 bridgehead atoms. The SMILES string of the molecule is C[Si](C)(C)O[Si](C)(C)CCCCCCCCOc1ccc(C(=O)Oc2ccc(OC(=O)c3ccc(OCCCCCCCC[Si](C)(C)O[Si](C)(C)C)cc3)c(COC(=O)C3CC4C=CC3C4)c2)cc1. The monoisotopic (exact) mass is 1020 g/mol. The molecule has 0 saturated heterocycles. The van der Waals surface area contributed by atoms with Gasteiger partial charge in [-0.1, -0.05) is 76.4 Å². The highest BCUT2D eigenvalue weighted by molar-refractivity contribution is 6.84. The van der Waals surface area contributed by atoms with E-state index >= 15 is 0 Å². The van der Waals surface area contributed by atoms with Crippen molar-refractivity contribution in [2.45, 2.75) is 174 Å². The molecule has 1 saturated carbocycles. The lowest BCUT2D eigenvalue weighted by atomic mass is 9.94. The van der Waals surface area contributed by atoms with Gasteiger partial charge in [0.2, 0.25) is 0 Å². The molecule has 380 valence electrons. The molecule has 0 aromatic heterocycles. The van der Waals surface area contributed by atoms with Crippen LogP contribution in [0.25, 0.3) is 0 Å². The van der Waals surface area contributed by atoms with Crippen LogP contribution in [0.15, 0.2) is 78.9 Å². The zero-order chi connectivity index (χ0) is 50.1. The van der Waals surface area contributed by atoms with Crippen LogP contribution in [0.4, 0.5) is 0 Å². The van der Waals surface area contributed by atoms with Crippen molar-refractivity contribution in [3.63, 3.8) is 0 Å². The maximum atomic E-state index is 13.4. The molecule has 0 aliphatic heterocycles. The lowest BCUT2D eigenvalue weighted by molar-refractivity contribution is -0.150. The summed E-state index contributed by atoms with van der Waals surface area (Å²) < 4.78 is 42.4. The molecule has 3 unspecified atom stereocenters. The molecule has 69 heavy (non-hydrogen) atoms. The predicted octanol–water partition coefficient (Wildman–Crippen LogP) is 14.9. The number of allylic oxidation sites excluding steroid dienone is 2. The van der Waals surface area contributed by atoms with Gasteiger partial charge in [0.15, 0.2) is 33.3 Å². The van der Waals surface area contributed by atoms with Gasteiger partial charge in [-0.2, -0.15) is 0 Å². The normalized spacial score (nSPS) is 16.9. The van der Waals surface area contributed by atoms with E-state index in [4.69, 9.17) is 31.9 Å². The largest absolute Gasteiger partial charge is 0.494 e. The lowest BCUT2D eigenvalue weighted by Gasteiger charge is -2.31. The molecular weight excluding hydrogens is 933 g/mol. The maximum absolute atomic E-state index is 13.4. The topological polar surface area (TPSA) is 116 Å². The van der Waals surface area contributed by atoms with Crippen LogP contribution in [0, 0.1) is 17.8 Å². The molecule has 3 aromatic rings. The smallest absolute Gasteiger partial charge is 0.343 e. The van der Waals surface area contributed by atoms with Crippen LogP contribution in [-0.4, -0.2) is 64.4 Å². The van der Waals surface area contributed by atoms with E-state index < -0.39 is 45.2 Å². The minimum Gasteiger partial charge on any atom is -0.494 e. The van der Waals surface area contributed by atoms with Gasteiger partial charge in [0.25, 0.3) is 0 Å². The van der Waals surface area contributed by atoms with E-state index in [0.29, 0.717) is 47.3 Å². The van der Waals surface area contributed by atoms with Crippen LogP contribution in [0.2, 0.25) is 77.6 Å². The van der Waals surface area contributed by atoms with Crippen molar-refractivity contribution in [1.82, 2.24) is 0 Å².